The lowest BCUT2D eigenvalue weighted by atomic mass is 10.3. The molecular weight excluding hydrogens is 286 g/mol. The third-order valence-electron chi connectivity index (χ3n) is 2.79. The fourth-order valence-corrected chi connectivity index (χ4v) is 2.58. The molecule has 0 saturated carbocycles. The number of aromatic nitrogens is 1. The van der Waals surface area contributed by atoms with Crippen LogP contribution in [0.1, 0.15) is 22.7 Å². The van der Waals surface area contributed by atoms with Gasteiger partial charge in [-0.1, -0.05) is 5.16 Å². The van der Waals surface area contributed by atoms with Crippen LogP contribution < -0.4 is 0 Å². The van der Waals surface area contributed by atoms with E-state index in [1.54, 1.807) is 6.92 Å². The predicted molar refractivity (Wildman–Crippen MR) is 68.3 cm³/mol. The monoisotopic (exact) mass is 301 g/mol. The van der Waals surface area contributed by atoms with Gasteiger partial charge in [-0.15, -0.1) is 0 Å². The number of carbonyl (C=O) groups is 2. The van der Waals surface area contributed by atoms with Gasteiger partial charge in [-0.2, -0.15) is 0 Å². The third kappa shape index (κ3) is 3.16. The van der Waals surface area contributed by atoms with Gasteiger partial charge in [0.05, 0.1) is 0 Å². The first kappa shape index (κ1) is 14.5. The number of amides is 2. The Morgan fingerprint density at radius 1 is 1.35 bits per heavy atom. The Kier molecular flexibility index (Phi) is 3.80. The molecule has 2 rings (SSSR count). The van der Waals surface area contributed by atoms with Gasteiger partial charge in [0.1, 0.15) is 11.5 Å². The Morgan fingerprint density at radius 3 is 2.55 bits per heavy atom. The molecule has 110 valence electrons. The average Bonchev–Trinajstić information content (AvgIpc) is 2.93. The molecule has 1 aromatic heterocycles. The van der Waals surface area contributed by atoms with E-state index in [2.05, 4.69) is 5.16 Å². The molecule has 1 fully saturated rings. The maximum absolute atomic E-state index is 12.2. The topological polar surface area (TPSA) is 101 Å². The molecule has 1 aromatic rings. The van der Waals surface area contributed by atoms with E-state index < -0.39 is 27.4 Å². The minimum atomic E-state index is -3.43. The number of hydrogen-bond donors (Lipinski definition) is 0. The van der Waals surface area contributed by atoms with Crippen LogP contribution in [-0.2, 0) is 14.6 Å². The third-order valence-corrected chi connectivity index (χ3v) is 3.56. The van der Waals surface area contributed by atoms with Gasteiger partial charge in [-0.3, -0.25) is 14.6 Å². The lowest BCUT2D eigenvalue weighted by Gasteiger charge is -2.26. The number of hydrogen-bond acceptors (Lipinski definition) is 6. The number of aryl methyl sites for hydroxylation is 1. The molecule has 2 amide bonds. The fourth-order valence-electron chi connectivity index (χ4n) is 1.98. The van der Waals surface area contributed by atoms with Gasteiger partial charge in [0.25, 0.3) is 11.8 Å². The first-order valence-corrected chi connectivity index (χ1v) is 8.07. The van der Waals surface area contributed by atoms with Crippen LogP contribution in [0.5, 0.6) is 0 Å². The van der Waals surface area contributed by atoms with Gasteiger partial charge in [-0.25, -0.2) is 13.4 Å². The summed E-state index contributed by atoms with van der Waals surface area (Å²) in [5, 5.41) is 5.98. The summed E-state index contributed by atoms with van der Waals surface area (Å²) >= 11 is 0. The van der Waals surface area contributed by atoms with E-state index >= 15 is 0 Å². The molecule has 0 aromatic carbocycles. The van der Waals surface area contributed by atoms with E-state index in [0.717, 1.165) is 11.3 Å². The Balaban J connectivity index is 2.15. The number of carbonyl (C=O) groups excluding carboxylic acids is 2. The summed E-state index contributed by atoms with van der Waals surface area (Å²) in [7, 11) is -3.43. The van der Waals surface area contributed by atoms with Gasteiger partial charge in [0.2, 0.25) is 0 Å². The fraction of sp³-hybridized carbons (Fsp3) is 0.545. The molecule has 20 heavy (non-hydrogen) atoms. The number of rotatable bonds is 3. The highest BCUT2D eigenvalue weighted by Crippen LogP contribution is 2.15. The highest BCUT2D eigenvalue weighted by molar-refractivity contribution is 7.91. The van der Waals surface area contributed by atoms with Crippen LogP contribution in [0.15, 0.2) is 10.6 Å². The standard InChI is InChI=1S/C11H15N3O5S/c1-8-6-9(12-19-8)11(16)14-5-3-4-13(14)10(15)7-20(2,17)18/h6H,3-5,7H2,1-2H3. The van der Waals surface area contributed by atoms with Crippen LogP contribution in [0.4, 0.5) is 0 Å². The molecule has 1 saturated heterocycles. The van der Waals surface area contributed by atoms with Crippen molar-refractivity contribution in [3.8, 4) is 0 Å². The zero-order valence-corrected chi connectivity index (χ0v) is 12.0. The van der Waals surface area contributed by atoms with Crippen LogP contribution in [0.25, 0.3) is 0 Å². The molecule has 0 aliphatic carbocycles. The Bertz CT molecular complexity index is 636. The lowest BCUT2D eigenvalue weighted by Crippen LogP contribution is -2.46. The molecule has 1 aliphatic heterocycles. The molecule has 0 bridgehead atoms. The summed E-state index contributed by atoms with van der Waals surface area (Å²) in [6, 6.07) is 1.47. The van der Waals surface area contributed by atoms with E-state index in [0.29, 0.717) is 25.3 Å². The maximum atomic E-state index is 12.2. The summed E-state index contributed by atoms with van der Waals surface area (Å²) in [6.07, 6.45) is 1.58. The average molecular weight is 301 g/mol. The van der Waals surface area contributed by atoms with Crippen molar-refractivity contribution in [1.82, 2.24) is 15.2 Å². The van der Waals surface area contributed by atoms with Crippen LogP contribution in [-0.4, -0.2) is 60.5 Å². The molecule has 0 radical (unpaired) electrons. The zero-order chi connectivity index (χ0) is 14.9. The highest BCUT2D eigenvalue weighted by atomic mass is 32.2. The molecule has 0 atom stereocenters. The largest absolute Gasteiger partial charge is 0.361 e. The Morgan fingerprint density at radius 2 is 2.00 bits per heavy atom. The maximum Gasteiger partial charge on any atom is 0.294 e. The van der Waals surface area contributed by atoms with Crippen molar-refractivity contribution in [1.29, 1.82) is 0 Å². The molecule has 0 N–H and O–H groups in total. The molecule has 0 unspecified atom stereocenters. The van der Waals surface area contributed by atoms with Crippen LogP contribution in [0, 0.1) is 6.92 Å². The lowest BCUT2D eigenvalue weighted by molar-refractivity contribution is -0.137. The quantitative estimate of drug-likeness (QED) is 0.754. The van der Waals surface area contributed by atoms with Crippen LogP contribution in [0.2, 0.25) is 0 Å². The first-order chi connectivity index (χ1) is 9.28. The molecule has 9 heteroatoms. The minimum absolute atomic E-state index is 0.0987. The summed E-state index contributed by atoms with van der Waals surface area (Å²) in [5.41, 5.74) is 0.0987. The van der Waals surface area contributed by atoms with Crippen molar-refractivity contribution in [3.63, 3.8) is 0 Å². The van der Waals surface area contributed by atoms with Crippen molar-refractivity contribution >= 4 is 21.7 Å². The van der Waals surface area contributed by atoms with Crippen molar-refractivity contribution in [3.05, 3.63) is 17.5 Å². The van der Waals surface area contributed by atoms with Gasteiger partial charge >= 0.3 is 0 Å². The van der Waals surface area contributed by atoms with E-state index in [1.165, 1.54) is 11.1 Å². The number of sulfone groups is 1. The second-order valence-corrected chi connectivity index (χ2v) is 6.83. The van der Waals surface area contributed by atoms with E-state index in [1.807, 2.05) is 0 Å². The van der Waals surface area contributed by atoms with Gasteiger partial charge in [0.15, 0.2) is 15.5 Å². The summed E-state index contributed by atoms with van der Waals surface area (Å²) < 4.78 is 27.2. The SMILES string of the molecule is Cc1cc(C(=O)N2CCCN2C(=O)CS(C)(=O)=O)no1. The van der Waals surface area contributed by atoms with Gasteiger partial charge in [-0.05, 0) is 13.3 Å². The predicted octanol–water partition coefficient (Wildman–Crippen LogP) is -0.383. The molecule has 8 nitrogen and oxygen atoms in total. The van der Waals surface area contributed by atoms with Crippen molar-refractivity contribution in [2.45, 2.75) is 13.3 Å². The summed E-state index contributed by atoms with van der Waals surface area (Å²) in [5.74, 6) is -1.21. The second kappa shape index (κ2) is 5.23. The summed E-state index contributed by atoms with van der Waals surface area (Å²) in [4.78, 5) is 24.1. The Hall–Kier alpha value is -1.90. The van der Waals surface area contributed by atoms with E-state index in [-0.39, 0.29) is 5.69 Å². The Labute approximate surface area is 116 Å². The summed E-state index contributed by atoms with van der Waals surface area (Å²) in [6.45, 7) is 2.32. The van der Waals surface area contributed by atoms with Gasteiger partial charge in [0, 0.05) is 25.4 Å². The van der Waals surface area contributed by atoms with E-state index in [9.17, 15) is 18.0 Å². The number of nitrogens with zero attached hydrogens (tertiary/aromatic N) is 3. The van der Waals surface area contributed by atoms with Crippen molar-refractivity contribution < 1.29 is 22.5 Å². The molecule has 0 spiro atoms. The minimum Gasteiger partial charge on any atom is -0.361 e. The van der Waals surface area contributed by atoms with Crippen LogP contribution in [0.3, 0.4) is 0 Å². The number of hydrazine groups is 1. The molecular formula is C11H15N3O5S. The first-order valence-electron chi connectivity index (χ1n) is 6.01. The molecule has 2 heterocycles. The second-order valence-electron chi connectivity index (χ2n) is 4.69. The van der Waals surface area contributed by atoms with Crippen molar-refractivity contribution in [2.24, 2.45) is 0 Å². The molecule has 1 aliphatic rings. The van der Waals surface area contributed by atoms with Crippen LogP contribution >= 0.6 is 0 Å². The highest BCUT2D eigenvalue weighted by Gasteiger charge is 2.33. The normalized spacial score (nSPS) is 15.7. The van der Waals surface area contributed by atoms with E-state index in [4.69, 9.17) is 4.52 Å². The zero-order valence-electron chi connectivity index (χ0n) is 11.2. The smallest absolute Gasteiger partial charge is 0.294 e. The van der Waals surface area contributed by atoms with Gasteiger partial charge < -0.3 is 4.52 Å². The van der Waals surface area contributed by atoms with Crippen molar-refractivity contribution in [2.75, 3.05) is 25.1 Å².